The lowest BCUT2D eigenvalue weighted by atomic mass is 10.1. The summed E-state index contributed by atoms with van der Waals surface area (Å²) in [5, 5.41) is 11.7. The number of thiazole rings is 1. The molecule has 7 heteroatoms. The zero-order valence-electron chi connectivity index (χ0n) is 11.4. The molecule has 1 fully saturated rings. The molecule has 0 aromatic carbocycles. The number of carbonyl (C=O) groups excluding carboxylic acids is 1. The Kier molecular flexibility index (Phi) is 5.08. The molecule has 6 nitrogen and oxygen atoms in total. The van der Waals surface area contributed by atoms with E-state index in [9.17, 15) is 9.59 Å². The molecule has 20 heavy (non-hydrogen) atoms. The number of aromatic nitrogens is 1. The number of rotatable bonds is 5. The molecule has 2 heterocycles. The largest absolute Gasteiger partial charge is 0.480 e. The lowest BCUT2D eigenvalue weighted by Crippen LogP contribution is -2.46. The molecule has 1 amide bonds. The zero-order valence-corrected chi connectivity index (χ0v) is 12.2. The van der Waals surface area contributed by atoms with Crippen molar-refractivity contribution in [3.05, 3.63) is 16.1 Å². The van der Waals surface area contributed by atoms with Crippen molar-refractivity contribution in [3.8, 4) is 0 Å². The number of aliphatic carboxylic acids is 1. The molecule has 1 aromatic heterocycles. The van der Waals surface area contributed by atoms with Gasteiger partial charge in [-0.1, -0.05) is 0 Å². The van der Waals surface area contributed by atoms with Gasteiger partial charge in [0.05, 0.1) is 17.1 Å². The minimum absolute atomic E-state index is 0.0490. The molecule has 2 rings (SSSR count). The van der Waals surface area contributed by atoms with E-state index in [2.05, 4.69) is 4.98 Å². The highest BCUT2D eigenvalue weighted by Crippen LogP contribution is 2.17. The third kappa shape index (κ3) is 4.01. The number of aryl methyl sites for hydroxylation is 1. The average Bonchev–Trinajstić information content (AvgIpc) is 2.82. The van der Waals surface area contributed by atoms with Crippen LogP contribution in [0.3, 0.4) is 0 Å². The molecule has 110 valence electrons. The topological polar surface area (TPSA) is 79.7 Å². The molecule has 0 aliphatic carbocycles. The van der Waals surface area contributed by atoms with Gasteiger partial charge < -0.3 is 14.7 Å². The molecule has 1 aliphatic heterocycles. The van der Waals surface area contributed by atoms with E-state index < -0.39 is 5.97 Å². The Morgan fingerprint density at radius 2 is 2.20 bits per heavy atom. The molecule has 1 N–H and O–H groups in total. The summed E-state index contributed by atoms with van der Waals surface area (Å²) in [5.74, 6) is -1.16. The van der Waals surface area contributed by atoms with Crippen LogP contribution in [0.2, 0.25) is 0 Å². The Labute approximate surface area is 121 Å². The molecule has 0 unspecified atom stereocenters. The van der Waals surface area contributed by atoms with Crippen LogP contribution in [0, 0.1) is 6.92 Å². The molecule has 0 saturated carbocycles. The summed E-state index contributed by atoms with van der Waals surface area (Å²) in [6.45, 7) is 2.77. The first kappa shape index (κ1) is 14.9. The van der Waals surface area contributed by atoms with E-state index in [1.807, 2.05) is 12.3 Å². The quantitative estimate of drug-likeness (QED) is 0.880. The predicted octanol–water partition coefficient (Wildman–Crippen LogP) is 1.09. The first-order valence-electron chi connectivity index (χ1n) is 6.56. The van der Waals surface area contributed by atoms with Crippen LogP contribution < -0.4 is 0 Å². The van der Waals surface area contributed by atoms with Crippen LogP contribution in [0.5, 0.6) is 0 Å². The van der Waals surface area contributed by atoms with Crippen LogP contribution in [-0.2, 0) is 20.7 Å². The third-order valence-electron chi connectivity index (χ3n) is 3.26. The van der Waals surface area contributed by atoms with E-state index in [1.165, 1.54) is 16.2 Å². The van der Waals surface area contributed by atoms with E-state index in [-0.39, 0.29) is 24.9 Å². The lowest BCUT2D eigenvalue weighted by Gasteiger charge is -2.33. The molecular weight excluding hydrogens is 280 g/mol. The van der Waals surface area contributed by atoms with Gasteiger partial charge in [-0.05, 0) is 19.8 Å². The number of ether oxygens (including phenoxy) is 1. The number of hydrogen-bond donors (Lipinski definition) is 1. The van der Waals surface area contributed by atoms with Crippen LogP contribution in [0.25, 0.3) is 0 Å². The lowest BCUT2D eigenvalue weighted by molar-refractivity contribution is -0.147. The summed E-state index contributed by atoms with van der Waals surface area (Å²) >= 11 is 1.49. The maximum Gasteiger partial charge on any atom is 0.323 e. The molecule has 1 saturated heterocycles. The molecule has 0 bridgehead atoms. The highest BCUT2D eigenvalue weighted by atomic mass is 32.1. The van der Waals surface area contributed by atoms with E-state index >= 15 is 0 Å². The van der Waals surface area contributed by atoms with Crippen molar-refractivity contribution in [3.63, 3.8) is 0 Å². The van der Waals surface area contributed by atoms with Crippen LogP contribution in [0.1, 0.15) is 23.5 Å². The van der Waals surface area contributed by atoms with Gasteiger partial charge in [0.15, 0.2) is 0 Å². The number of amides is 1. The van der Waals surface area contributed by atoms with Crippen molar-refractivity contribution < 1.29 is 19.4 Å². The van der Waals surface area contributed by atoms with Crippen LogP contribution in [0.4, 0.5) is 0 Å². The Morgan fingerprint density at radius 3 is 2.75 bits per heavy atom. The fraction of sp³-hybridized carbons (Fsp3) is 0.615. The number of hydrogen-bond acceptors (Lipinski definition) is 5. The molecule has 1 aromatic rings. The smallest absolute Gasteiger partial charge is 0.323 e. The first-order valence-corrected chi connectivity index (χ1v) is 7.44. The maximum absolute atomic E-state index is 12.3. The van der Waals surface area contributed by atoms with Crippen molar-refractivity contribution >= 4 is 23.2 Å². The summed E-state index contributed by atoms with van der Waals surface area (Å²) < 4.78 is 5.26. The van der Waals surface area contributed by atoms with Crippen molar-refractivity contribution in [2.24, 2.45) is 0 Å². The Balaban J connectivity index is 2.04. The minimum atomic E-state index is -0.987. The molecule has 0 spiro atoms. The van der Waals surface area contributed by atoms with Crippen LogP contribution >= 0.6 is 11.3 Å². The van der Waals surface area contributed by atoms with Gasteiger partial charge >= 0.3 is 5.97 Å². The fourth-order valence-electron chi connectivity index (χ4n) is 2.31. The van der Waals surface area contributed by atoms with E-state index in [4.69, 9.17) is 9.84 Å². The van der Waals surface area contributed by atoms with Crippen LogP contribution in [0.15, 0.2) is 5.38 Å². The van der Waals surface area contributed by atoms with Gasteiger partial charge in [0.25, 0.3) is 0 Å². The Hall–Kier alpha value is -1.47. The predicted molar refractivity (Wildman–Crippen MR) is 73.7 cm³/mol. The van der Waals surface area contributed by atoms with Gasteiger partial charge in [-0.25, -0.2) is 4.98 Å². The van der Waals surface area contributed by atoms with Gasteiger partial charge in [0, 0.05) is 24.6 Å². The summed E-state index contributed by atoms with van der Waals surface area (Å²) in [6, 6.07) is -0.0490. The zero-order chi connectivity index (χ0) is 14.5. The summed E-state index contributed by atoms with van der Waals surface area (Å²) in [6.07, 6.45) is 1.54. The van der Waals surface area contributed by atoms with Crippen LogP contribution in [-0.4, -0.2) is 52.7 Å². The fourth-order valence-corrected chi connectivity index (χ4v) is 2.92. The highest BCUT2D eigenvalue weighted by Gasteiger charge is 2.27. The van der Waals surface area contributed by atoms with Crippen molar-refractivity contribution in [2.75, 3.05) is 19.8 Å². The second-order valence-electron chi connectivity index (χ2n) is 4.79. The summed E-state index contributed by atoms with van der Waals surface area (Å²) in [4.78, 5) is 29.0. The number of carboxylic acid groups (broad SMARTS) is 1. The van der Waals surface area contributed by atoms with Gasteiger partial charge in [-0.2, -0.15) is 0 Å². The maximum atomic E-state index is 12.3. The Bertz CT molecular complexity index is 482. The number of nitrogens with zero attached hydrogens (tertiary/aromatic N) is 2. The van der Waals surface area contributed by atoms with Crippen molar-refractivity contribution in [1.29, 1.82) is 0 Å². The molecule has 0 atom stereocenters. The number of carboxylic acids is 1. The highest BCUT2D eigenvalue weighted by molar-refractivity contribution is 7.09. The number of carbonyl (C=O) groups is 2. The standard InChI is InChI=1S/C13H18N2O4S/c1-9-14-10(8-20-9)6-12(16)15(7-13(17)18)11-2-4-19-5-3-11/h8,11H,2-7H2,1H3,(H,17,18). The van der Waals surface area contributed by atoms with Crippen molar-refractivity contribution in [1.82, 2.24) is 9.88 Å². The minimum Gasteiger partial charge on any atom is -0.480 e. The first-order chi connectivity index (χ1) is 9.56. The normalized spacial score (nSPS) is 16.1. The van der Waals surface area contributed by atoms with E-state index in [0.717, 1.165) is 5.01 Å². The van der Waals surface area contributed by atoms with Gasteiger partial charge in [0.2, 0.25) is 5.91 Å². The third-order valence-corrected chi connectivity index (χ3v) is 4.08. The molecule has 0 radical (unpaired) electrons. The Morgan fingerprint density at radius 1 is 1.50 bits per heavy atom. The van der Waals surface area contributed by atoms with Gasteiger partial charge in [-0.3, -0.25) is 9.59 Å². The van der Waals surface area contributed by atoms with Crippen molar-refractivity contribution in [2.45, 2.75) is 32.2 Å². The molecule has 1 aliphatic rings. The van der Waals surface area contributed by atoms with E-state index in [1.54, 1.807) is 0 Å². The van der Waals surface area contributed by atoms with Gasteiger partial charge in [-0.15, -0.1) is 11.3 Å². The second-order valence-corrected chi connectivity index (χ2v) is 5.86. The average molecular weight is 298 g/mol. The second kappa shape index (κ2) is 6.81. The van der Waals surface area contributed by atoms with E-state index in [0.29, 0.717) is 31.7 Å². The monoisotopic (exact) mass is 298 g/mol. The molecular formula is C13H18N2O4S. The SMILES string of the molecule is Cc1nc(CC(=O)N(CC(=O)O)C2CCOCC2)cs1. The summed E-state index contributed by atoms with van der Waals surface area (Å²) in [7, 11) is 0. The van der Waals surface area contributed by atoms with Gasteiger partial charge in [0.1, 0.15) is 6.54 Å². The summed E-state index contributed by atoms with van der Waals surface area (Å²) in [5.41, 5.74) is 0.708.